The second kappa shape index (κ2) is 6.71. The molecule has 0 radical (unpaired) electrons. The van der Waals surface area contributed by atoms with Crippen LogP contribution in [0.3, 0.4) is 0 Å². The number of pyridine rings is 1. The van der Waals surface area contributed by atoms with Crippen LogP contribution in [0.25, 0.3) is 22.2 Å². The molecule has 140 valence electrons. The van der Waals surface area contributed by atoms with Crippen molar-refractivity contribution in [3.63, 3.8) is 0 Å². The summed E-state index contributed by atoms with van der Waals surface area (Å²) in [5.74, 6) is 0.789. The molecule has 1 N–H and O–H groups in total. The van der Waals surface area contributed by atoms with Crippen LogP contribution in [0, 0.1) is 0 Å². The van der Waals surface area contributed by atoms with Crippen LogP contribution in [-0.4, -0.2) is 32.5 Å². The Morgan fingerprint density at radius 2 is 1.96 bits per heavy atom. The van der Waals surface area contributed by atoms with E-state index in [4.69, 9.17) is 4.74 Å². The molecule has 0 unspecified atom stereocenters. The minimum absolute atomic E-state index is 0.0668. The van der Waals surface area contributed by atoms with Gasteiger partial charge in [-0.3, -0.25) is 10.1 Å². The Balaban J connectivity index is 1.38. The number of nitrogens with one attached hydrogen (secondary N) is 1. The van der Waals surface area contributed by atoms with E-state index in [-0.39, 0.29) is 5.41 Å². The van der Waals surface area contributed by atoms with Gasteiger partial charge in [0.2, 0.25) is 0 Å². The van der Waals surface area contributed by atoms with E-state index in [1.807, 2.05) is 24.4 Å². The second-order valence-electron chi connectivity index (χ2n) is 7.48. The molecule has 1 aliphatic rings. The van der Waals surface area contributed by atoms with Crippen molar-refractivity contribution in [2.24, 2.45) is 0 Å². The Morgan fingerprint density at radius 1 is 1.04 bits per heavy atom. The van der Waals surface area contributed by atoms with Crippen molar-refractivity contribution < 1.29 is 4.74 Å². The summed E-state index contributed by atoms with van der Waals surface area (Å²) in [6.45, 7) is 0. The van der Waals surface area contributed by atoms with Crippen LogP contribution in [0.2, 0.25) is 0 Å². The van der Waals surface area contributed by atoms with Crippen molar-refractivity contribution >= 4 is 10.9 Å². The van der Waals surface area contributed by atoms with Gasteiger partial charge in [0.05, 0.1) is 36.4 Å². The lowest BCUT2D eigenvalue weighted by Gasteiger charge is -2.41. The van der Waals surface area contributed by atoms with E-state index < -0.39 is 0 Å². The van der Waals surface area contributed by atoms with Gasteiger partial charge < -0.3 is 4.74 Å². The second-order valence-corrected chi connectivity index (χ2v) is 7.48. The van der Waals surface area contributed by atoms with Crippen molar-refractivity contribution in [3.05, 3.63) is 66.2 Å². The van der Waals surface area contributed by atoms with Gasteiger partial charge in [-0.05, 0) is 43.2 Å². The summed E-state index contributed by atoms with van der Waals surface area (Å²) >= 11 is 0. The van der Waals surface area contributed by atoms with Crippen molar-refractivity contribution in [1.29, 1.82) is 0 Å². The van der Waals surface area contributed by atoms with Crippen molar-refractivity contribution in [3.8, 4) is 17.0 Å². The van der Waals surface area contributed by atoms with Gasteiger partial charge in [-0.25, -0.2) is 0 Å². The first-order chi connectivity index (χ1) is 13.8. The molecule has 0 atom stereocenters. The minimum atomic E-state index is 0.0668. The zero-order chi connectivity index (χ0) is 19.0. The van der Waals surface area contributed by atoms with Crippen molar-refractivity contribution in [1.82, 2.24) is 25.4 Å². The third-order valence-electron chi connectivity index (χ3n) is 5.80. The maximum absolute atomic E-state index is 5.24. The van der Waals surface area contributed by atoms with Gasteiger partial charge in [-0.15, -0.1) is 0 Å². The van der Waals surface area contributed by atoms with Gasteiger partial charge in [0.15, 0.2) is 0 Å². The number of rotatable bonds is 5. The average molecular weight is 371 g/mol. The highest BCUT2D eigenvalue weighted by molar-refractivity contribution is 5.82. The Bertz CT molecular complexity index is 1100. The van der Waals surface area contributed by atoms with Gasteiger partial charge in [0, 0.05) is 28.5 Å². The molecule has 3 heterocycles. The van der Waals surface area contributed by atoms with E-state index in [0.717, 1.165) is 58.6 Å². The third kappa shape index (κ3) is 2.91. The highest BCUT2D eigenvalue weighted by atomic mass is 16.5. The molecule has 0 bridgehead atoms. The zero-order valence-corrected chi connectivity index (χ0v) is 15.7. The predicted molar refractivity (Wildman–Crippen MR) is 107 cm³/mol. The van der Waals surface area contributed by atoms with Crippen LogP contribution in [0.4, 0.5) is 0 Å². The fraction of sp³-hybridized carbons (Fsp3) is 0.273. The average Bonchev–Trinajstić information content (AvgIpc) is 3.19. The number of nitrogens with zero attached hydrogens (tertiary/aromatic N) is 4. The number of hydrogen-bond donors (Lipinski definition) is 1. The smallest absolute Gasteiger partial charge is 0.137 e. The molecule has 1 aromatic carbocycles. The number of ether oxygens (including phenoxy) is 1. The number of H-pyrrole nitrogens is 1. The number of benzene rings is 1. The molecule has 0 spiro atoms. The standard InChI is InChI=1S/C22H21N5O/c1-28-18-6-8-21(23-14-18)22(9-2-10-22)12-17-5-7-19(27-25-17)15-3-4-16-13-24-26-20(16)11-15/h3-8,11,13-14H,2,9-10,12H2,1H3,(H,24,26). The molecule has 0 aliphatic heterocycles. The highest BCUT2D eigenvalue weighted by Crippen LogP contribution is 2.45. The van der Waals surface area contributed by atoms with E-state index in [0.29, 0.717) is 0 Å². The van der Waals surface area contributed by atoms with Gasteiger partial charge in [0.1, 0.15) is 5.75 Å². The maximum atomic E-state index is 5.24. The van der Waals surface area contributed by atoms with E-state index in [1.165, 1.54) is 6.42 Å². The molecular weight excluding hydrogens is 350 g/mol. The normalized spacial score (nSPS) is 15.3. The lowest BCUT2D eigenvalue weighted by Crippen LogP contribution is -2.37. The van der Waals surface area contributed by atoms with Gasteiger partial charge in [-0.2, -0.15) is 15.3 Å². The molecule has 0 saturated heterocycles. The summed E-state index contributed by atoms with van der Waals surface area (Å²) in [5.41, 5.74) is 5.09. The number of aromatic amines is 1. The fourth-order valence-electron chi connectivity index (χ4n) is 3.99. The van der Waals surface area contributed by atoms with E-state index in [2.05, 4.69) is 49.6 Å². The quantitative estimate of drug-likeness (QED) is 0.572. The Morgan fingerprint density at radius 3 is 2.64 bits per heavy atom. The van der Waals surface area contributed by atoms with Gasteiger partial charge in [0.25, 0.3) is 0 Å². The molecule has 6 nitrogen and oxygen atoms in total. The summed E-state index contributed by atoms with van der Waals surface area (Å²) in [7, 11) is 1.66. The number of aromatic nitrogens is 5. The van der Waals surface area contributed by atoms with Gasteiger partial charge >= 0.3 is 0 Å². The largest absolute Gasteiger partial charge is 0.495 e. The van der Waals surface area contributed by atoms with E-state index in [1.54, 1.807) is 13.3 Å². The Kier molecular flexibility index (Phi) is 4.04. The highest BCUT2D eigenvalue weighted by Gasteiger charge is 2.40. The Labute approximate surface area is 163 Å². The molecule has 3 aromatic heterocycles. The van der Waals surface area contributed by atoms with Crippen LogP contribution in [0.1, 0.15) is 30.7 Å². The molecule has 6 heteroatoms. The SMILES string of the molecule is COc1ccc(C2(Cc3ccc(-c4ccc5cn[nH]c5c4)nn3)CCC2)nc1. The summed E-state index contributed by atoms with van der Waals surface area (Å²) in [4.78, 5) is 4.65. The summed E-state index contributed by atoms with van der Waals surface area (Å²) in [5, 5.41) is 17.2. The fourth-order valence-corrected chi connectivity index (χ4v) is 3.99. The predicted octanol–water partition coefficient (Wildman–Crippen LogP) is 4.09. The Hall–Kier alpha value is -3.28. The number of hydrogen-bond acceptors (Lipinski definition) is 5. The molecule has 4 aromatic rings. The number of fused-ring (bicyclic) bond motifs is 1. The van der Waals surface area contributed by atoms with E-state index in [9.17, 15) is 0 Å². The first kappa shape index (κ1) is 16.9. The summed E-state index contributed by atoms with van der Waals surface area (Å²) in [6.07, 6.45) is 7.97. The van der Waals surface area contributed by atoms with Crippen molar-refractivity contribution in [2.75, 3.05) is 7.11 Å². The molecule has 1 aliphatic carbocycles. The lowest BCUT2D eigenvalue weighted by molar-refractivity contribution is 0.232. The van der Waals surface area contributed by atoms with Crippen LogP contribution >= 0.6 is 0 Å². The molecule has 1 fully saturated rings. The molecular formula is C22H21N5O. The zero-order valence-electron chi connectivity index (χ0n) is 15.7. The molecule has 28 heavy (non-hydrogen) atoms. The maximum Gasteiger partial charge on any atom is 0.137 e. The molecule has 1 saturated carbocycles. The van der Waals surface area contributed by atoms with Crippen LogP contribution < -0.4 is 4.74 Å². The first-order valence-corrected chi connectivity index (χ1v) is 9.52. The summed E-state index contributed by atoms with van der Waals surface area (Å²) in [6, 6.07) is 14.4. The topological polar surface area (TPSA) is 76.6 Å². The number of methoxy groups -OCH3 is 1. The molecule has 0 amide bonds. The van der Waals surface area contributed by atoms with Crippen LogP contribution in [0.5, 0.6) is 5.75 Å². The van der Waals surface area contributed by atoms with Crippen LogP contribution in [0.15, 0.2) is 54.9 Å². The monoisotopic (exact) mass is 371 g/mol. The first-order valence-electron chi connectivity index (χ1n) is 9.52. The molecule has 5 rings (SSSR count). The van der Waals surface area contributed by atoms with Gasteiger partial charge in [-0.1, -0.05) is 18.6 Å². The third-order valence-corrected chi connectivity index (χ3v) is 5.80. The lowest BCUT2D eigenvalue weighted by atomic mass is 9.64. The minimum Gasteiger partial charge on any atom is -0.495 e. The van der Waals surface area contributed by atoms with Crippen LogP contribution in [-0.2, 0) is 11.8 Å². The van der Waals surface area contributed by atoms with Crippen molar-refractivity contribution in [2.45, 2.75) is 31.1 Å². The van der Waals surface area contributed by atoms with E-state index >= 15 is 0 Å². The summed E-state index contributed by atoms with van der Waals surface area (Å²) < 4.78 is 5.24.